The minimum atomic E-state index is -1.09. The minimum Gasteiger partial charge on any atom is -0.465 e. The SMILES string of the molecule is CC(O)C1CC(NC(=O)OC(C)(C)C)CCC1NC(=O)O. The largest absolute Gasteiger partial charge is 0.465 e. The molecular formula is C14H26N2O5. The van der Waals surface area contributed by atoms with E-state index in [1.54, 1.807) is 27.7 Å². The van der Waals surface area contributed by atoms with Gasteiger partial charge in [0.2, 0.25) is 0 Å². The number of ether oxygens (including phenoxy) is 1. The van der Waals surface area contributed by atoms with Gasteiger partial charge in [-0.3, -0.25) is 0 Å². The standard InChI is InChI=1S/C14H26N2O5/c1-8(17)10-7-9(5-6-11(10)16-12(18)19)15-13(20)21-14(2,3)4/h8-11,16-17H,5-7H2,1-4H3,(H,15,20)(H,18,19). The van der Waals surface area contributed by atoms with Crippen LogP contribution in [0.15, 0.2) is 0 Å². The van der Waals surface area contributed by atoms with E-state index in [0.717, 1.165) is 0 Å². The lowest BCUT2D eigenvalue weighted by molar-refractivity contribution is 0.0390. The Bertz CT molecular complexity index is 378. The Kier molecular flexibility index (Phi) is 5.83. The number of carboxylic acid groups (broad SMARTS) is 1. The lowest BCUT2D eigenvalue weighted by Crippen LogP contribution is -2.51. The molecule has 0 radical (unpaired) electrons. The van der Waals surface area contributed by atoms with Crippen LogP contribution in [0.1, 0.15) is 47.0 Å². The highest BCUT2D eigenvalue weighted by molar-refractivity contribution is 5.68. The Hall–Kier alpha value is -1.50. The Morgan fingerprint density at radius 1 is 1.24 bits per heavy atom. The molecule has 0 spiro atoms. The fourth-order valence-electron chi connectivity index (χ4n) is 2.68. The van der Waals surface area contributed by atoms with E-state index in [4.69, 9.17) is 9.84 Å². The summed E-state index contributed by atoms with van der Waals surface area (Å²) in [4.78, 5) is 22.5. The maximum absolute atomic E-state index is 11.8. The molecule has 1 aliphatic carbocycles. The number of carbonyl (C=O) groups is 2. The van der Waals surface area contributed by atoms with Crippen molar-refractivity contribution in [2.24, 2.45) is 5.92 Å². The monoisotopic (exact) mass is 302 g/mol. The molecule has 0 aliphatic heterocycles. The van der Waals surface area contributed by atoms with Gasteiger partial charge in [-0.1, -0.05) is 0 Å². The zero-order chi connectivity index (χ0) is 16.2. The summed E-state index contributed by atoms with van der Waals surface area (Å²) in [5.74, 6) is -0.227. The van der Waals surface area contributed by atoms with Gasteiger partial charge in [0.1, 0.15) is 5.60 Å². The average Bonchev–Trinajstić information content (AvgIpc) is 2.27. The second kappa shape index (κ2) is 6.98. The van der Waals surface area contributed by atoms with Gasteiger partial charge in [0.25, 0.3) is 0 Å². The van der Waals surface area contributed by atoms with Gasteiger partial charge in [-0.15, -0.1) is 0 Å². The first-order valence-electron chi connectivity index (χ1n) is 7.25. The van der Waals surface area contributed by atoms with Gasteiger partial charge in [0, 0.05) is 18.0 Å². The van der Waals surface area contributed by atoms with Crippen molar-refractivity contribution >= 4 is 12.2 Å². The third-order valence-corrected chi connectivity index (χ3v) is 3.55. The molecule has 7 heteroatoms. The first-order chi connectivity index (χ1) is 9.58. The molecule has 4 N–H and O–H groups in total. The van der Waals surface area contributed by atoms with Crippen LogP contribution in [0.25, 0.3) is 0 Å². The number of aliphatic hydroxyl groups excluding tert-OH is 1. The Morgan fingerprint density at radius 3 is 2.33 bits per heavy atom. The highest BCUT2D eigenvalue weighted by Crippen LogP contribution is 2.28. The summed E-state index contributed by atoms with van der Waals surface area (Å²) >= 11 is 0. The van der Waals surface area contributed by atoms with E-state index in [-0.39, 0.29) is 18.0 Å². The predicted molar refractivity (Wildman–Crippen MR) is 77.1 cm³/mol. The number of alkyl carbamates (subject to hydrolysis) is 1. The minimum absolute atomic E-state index is 0.119. The summed E-state index contributed by atoms with van der Waals surface area (Å²) < 4.78 is 5.21. The molecule has 21 heavy (non-hydrogen) atoms. The predicted octanol–water partition coefficient (Wildman–Crippen LogP) is 1.70. The van der Waals surface area contributed by atoms with E-state index < -0.39 is 23.9 Å². The maximum atomic E-state index is 11.8. The van der Waals surface area contributed by atoms with Crippen LogP contribution in [0, 0.1) is 5.92 Å². The van der Waals surface area contributed by atoms with E-state index in [9.17, 15) is 14.7 Å². The fraction of sp³-hybridized carbons (Fsp3) is 0.857. The van der Waals surface area contributed by atoms with Crippen molar-refractivity contribution in [1.29, 1.82) is 0 Å². The van der Waals surface area contributed by atoms with Crippen LogP contribution in [0.2, 0.25) is 0 Å². The number of carbonyl (C=O) groups excluding carboxylic acids is 1. The molecule has 122 valence electrons. The Labute approximate surface area is 125 Å². The van der Waals surface area contributed by atoms with Crippen LogP contribution < -0.4 is 10.6 Å². The quantitative estimate of drug-likeness (QED) is 0.634. The second-order valence-electron chi connectivity index (χ2n) is 6.62. The van der Waals surface area contributed by atoms with E-state index in [1.807, 2.05) is 0 Å². The van der Waals surface area contributed by atoms with Crippen molar-refractivity contribution in [1.82, 2.24) is 10.6 Å². The third kappa shape index (κ3) is 6.20. The molecule has 0 aromatic rings. The van der Waals surface area contributed by atoms with E-state index in [1.165, 1.54) is 0 Å². The molecule has 1 rings (SSSR count). The van der Waals surface area contributed by atoms with Gasteiger partial charge in [-0.25, -0.2) is 9.59 Å². The third-order valence-electron chi connectivity index (χ3n) is 3.55. The molecule has 4 atom stereocenters. The number of hydrogen-bond acceptors (Lipinski definition) is 4. The number of nitrogens with one attached hydrogen (secondary N) is 2. The van der Waals surface area contributed by atoms with Gasteiger partial charge in [-0.05, 0) is 47.0 Å². The van der Waals surface area contributed by atoms with Crippen LogP contribution in [0.3, 0.4) is 0 Å². The van der Waals surface area contributed by atoms with Crippen molar-refractivity contribution < 1.29 is 24.5 Å². The highest BCUT2D eigenvalue weighted by atomic mass is 16.6. The van der Waals surface area contributed by atoms with Gasteiger partial charge in [0.15, 0.2) is 0 Å². The lowest BCUT2D eigenvalue weighted by Gasteiger charge is -2.38. The van der Waals surface area contributed by atoms with Crippen molar-refractivity contribution in [2.75, 3.05) is 0 Å². The number of hydrogen-bond donors (Lipinski definition) is 4. The van der Waals surface area contributed by atoms with Crippen LogP contribution in [-0.4, -0.2) is 46.2 Å². The summed E-state index contributed by atoms with van der Waals surface area (Å²) in [6, 6.07) is -0.412. The molecule has 0 bridgehead atoms. The highest BCUT2D eigenvalue weighted by Gasteiger charge is 2.35. The van der Waals surface area contributed by atoms with Crippen molar-refractivity contribution in [3.05, 3.63) is 0 Å². The molecule has 0 saturated heterocycles. The molecule has 7 nitrogen and oxygen atoms in total. The Morgan fingerprint density at radius 2 is 1.86 bits per heavy atom. The van der Waals surface area contributed by atoms with Crippen molar-refractivity contribution in [3.8, 4) is 0 Å². The number of rotatable bonds is 3. The zero-order valence-electron chi connectivity index (χ0n) is 13.0. The summed E-state index contributed by atoms with van der Waals surface area (Å²) in [6.45, 7) is 7.01. The van der Waals surface area contributed by atoms with Crippen LogP contribution in [0.5, 0.6) is 0 Å². The van der Waals surface area contributed by atoms with Crippen molar-refractivity contribution in [2.45, 2.75) is 70.7 Å². The molecule has 0 aromatic heterocycles. The smallest absolute Gasteiger partial charge is 0.407 e. The molecule has 4 unspecified atom stereocenters. The molecular weight excluding hydrogens is 276 g/mol. The van der Waals surface area contributed by atoms with Gasteiger partial charge in [0.05, 0.1) is 6.10 Å². The Balaban J connectivity index is 2.57. The van der Waals surface area contributed by atoms with Gasteiger partial charge >= 0.3 is 12.2 Å². The van der Waals surface area contributed by atoms with Gasteiger partial charge < -0.3 is 25.6 Å². The van der Waals surface area contributed by atoms with Crippen LogP contribution in [-0.2, 0) is 4.74 Å². The van der Waals surface area contributed by atoms with Crippen molar-refractivity contribution in [3.63, 3.8) is 0 Å². The molecule has 1 aliphatic rings. The zero-order valence-corrected chi connectivity index (χ0v) is 13.0. The summed E-state index contributed by atoms with van der Waals surface area (Å²) in [5.41, 5.74) is -0.560. The molecule has 0 heterocycles. The van der Waals surface area contributed by atoms with E-state index in [2.05, 4.69) is 10.6 Å². The summed E-state index contributed by atoms with van der Waals surface area (Å²) in [7, 11) is 0. The molecule has 1 saturated carbocycles. The van der Waals surface area contributed by atoms with Crippen LogP contribution >= 0.6 is 0 Å². The summed E-state index contributed by atoms with van der Waals surface area (Å²) in [5, 5.41) is 23.9. The summed E-state index contributed by atoms with van der Waals surface area (Å²) in [6.07, 6.45) is -0.492. The van der Waals surface area contributed by atoms with E-state index >= 15 is 0 Å². The number of aliphatic hydroxyl groups is 1. The number of amides is 2. The normalized spacial score (nSPS) is 27.6. The average molecular weight is 302 g/mol. The fourth-order valence-corrected chi connectivity index (χ4v) is 2.68. The van der Waals surface area contributed by atoms with Crippen LogP contribution in [0.4, 0.5) is 9.59 Å². The first kappa shape index (κ1) is 17.6. The lowest BCUT2D eigenvalue weighted by atomic mass is 9.79. The first-order valence-corrected chi connectivity index (χ1v) is 7.25. The van der Waals surface area contributed by atoms with E-state index in [0.29, 0.717) is 19.3 Å². The maximum Gasteiger partial charge on any atom is 0.407 e. The van der Waals surface area contributed by atoms with Gasteiger partial charge in [-0.2, -0.15) is 0 Å². The second-order valence-corrected chi connectivity index (χ2v) is 6.62. The molecule has 2 amide bonds. The molecule has 1 fully saturated rings. The molecule has 0 aromatic carbocycles. The topological polar surface area (TPSA) is 108 Å².